The van der Waals surface area contributed by atoms with Gasteiger partial charge in [-0.25, -0.2) is 15.0 Å². The van der Waals surface area contributed by atoms with Gasteiger partial charge in [-0.15, -0.1) is 11.3 Å². The first-order valence-electron chi connectivity index (χ1n) is 5.65. The number of nitrogens with zero attached hydrogens (tertiary/aromatic N) is 4. The Morgan fingerprint density at radius 1 is 1.39 bits per heavy atom. The van der Waals surface area contributed by atoms with E-state index in [1.165, 1.54) is 0 Å². The molecule has 0 atom stereocenters. The molecular formula is C12H13N5S. The highest BCUT2D eigenvalue weighted by Gasteiger charge is 2.07. The van der Waals surface area contributed by atoms with Crippen LogP contribution in [0.15, 0.2) is 24.0 Å². The third-order valence-electron chi connectivity index (χ3n) is 2.75. The fourth-order valence-corrected chi connectivity index (χ4v) is 2.47. The standard InChI is InChI=1S/C12H13N5S/c1-8-16-9(6-18-8)5-14-12-11-10(3-4-13-12)17(2)7-15-11/h3-4,6-7H,5H2,1-2H3,(H,13,14). The first-order valence-corrected chi connectivity index (χ1v) is 6.53. The van der Waals surface area contributed by atoms with Crippen molar-refractivity contribution < 1.29 is 0 Å². The molecule has 0 aliphatic heterocycles. The third-order valence-corrected chi connectivity index (χ3v) is 3.57. The van der Waals surface area contributed by atoms with Crippen LogP contribution in [-0.4, -0.2) is 19.5 Å². The highest BCUT2D eigenvalue weighted by molar-refractivity contribution is 7.09. The van der Waals surface area contributed by atoms with Crippen LogP contribution in [0.5, 0.6) is 0 Å². The van der Waals surface area contributed by atoms with Gasteiger partial charge in [-0.2, -0.15) is 0 Å². The molecule has 0 saturated heterocycles. The Labute approximate surface area is 109 Å². The summed E-state index contributed by atoms with van der Waals surface area (Å²) >= 11 is 1.66. The van der Waals surface area contributed by atoms with Crippen LogP contribution in [0.2, 0.25) is 0 Å². The number of aromatic nitrogens is 4. The maximum absolute atomic E-state index is 4.41. The van der Waals surface area contributed by atoms with Gasteiger partial charge in [0.05, 0.1) is 29.1 Å². The van der Waals surface area contributed by atoms with Gasteiger partial charge in [-0.1, -0.05) is 0 Å². The average molecular weight is 259 g/mol. The van der Waals surface area contributed by atoms with Crippen LogP contribution in [0.1, 0.15) is 10.7 Å². The second-order valence-electron chi connectivity index (χ2n) is 4.09. The van der Waals surface area contributed by atoms with Crippen molar-refractivity contribution in [1.82, 2.24) is 19.5 Å². The Morgan fingerprint density at radius 3 is 3.06 bits per heavy atom. The first-order chi connectivity index (χ1) is 8.74. The lowest BCUT2D eigenvalue weighted by molar-refractivity contribution is 0.947. The summed E-state index contributed by atoms with van der Waals surface area (Å²) in [6.07, 6.45) is 3.59. The van der Waals surface area contributed by atoms with E-state index in [1.807, 2.05) is 24.6 Å². The number of pyridine rings is 1. The molecule has 0 spiro atoms. The highest BCUT2D eigenvalue weighted by Crippen LogP contribution is 2.19. The maximum atomic E-state index is 4.41. The number of hydrogen-bond donors (Lipinski definition) is 1. The summed E-state index contributed by atoms with van der Waals surface area (Å²) < 4.78 is 1.98. The van der Waals surface area contributed by atoms with E-state index in [9.17, 15) is 0 Å². The quantitative estimate of drug-likeness (QED) is 0.784. The van der Waals surface area contributed by atoms with Gasteiger partial charge in [0.15, 0.2) is 5.82 Å². The molecule has 0 radical (unpaired) electrons. The number of fused-ring (bicyclic) bond motifs is 1. The topological polar surface area (TPSA) is 55.6 Å². The third kappa shape index (κ3) is 1.95. The van der Waals surface area contributed by atoms with Crippen molar-refractivity contribution in [3.8, 4) is 0 Å². The van der Waals surface area contributed by atoms with E-state index in [-0.39, 0.29) is 0 Å². The largest absolute Gasteiger partial charge is 0.363 e. The van der Waals surface area contributed by atoms with E-state index >= 15 is 0 Å². The van der Waals surface area contributed by atoms with Gasteiger partial charge in [0.1, 0.15) is 5.52 Å². The van der Waals surface area contributed by atoms with Crippen LogP contribution in [0.3, 0.4) is 0 Å². The average Bonchev–Trinajstić information content (AvgIpc) is 2.94. The van der Waals surface area contributed by atoms with E-state index in [0.29, 0.717) is 6.54 Å². The van der Waals surface area contributed by atoms with Gasteiger partial charge in [0, 0.05) is 18.6 Å². The summed E-state index contributed by atoms with van der Waals surface area (Å²) in [4.78, 5) is 13.1. The minimum atomic E-state index is 0.674. The Kier molecular flexibility index (Phi) is 2.71. The molecular weight excluding hydrogens is 246 g/mol. The number of rotatable bonds is 3. The van der Waals surface area contributed by atoms with Crippen molar-refractivity contribution in [2.24, 2.45) is 7.05 Å². The maximum Gasteiger partial charge on any atom is 0.154 e. The molecule has 18 heavy (non-hydrogen) atoms. The number of nitrogens with one attached hydrogen (secondary N) is 1. The van der Waals surface area contributed by atoms with E-state index in [0.717, 1.165) is 27.6 Å². The summed E-state index contributed by atoms with van der Waals surface area (Å²) in [5.74, 6) is 0.804. The van der Waals surface area contributed by atoms with Crippen molar-refractivity contribution in [2.75, 3.05) is 5.32 Å². The summed E-state index contributed by atoms with van der Waals surface area (Å²) in [5.41, 5.74) is 3.00. The molecule has 3 rings (SSSR count). The van der Waals surface area contributed by atoms with E-state index in [4.69, 9.17) is 0 Å². The van der Waals surface area contributed by atoms with Crippen LogP contribution in [0.25, 0.3) is 11.0 Å². The fourth-order valence-electron chi connectivity index (χ4n) is 1.86. The fraction of sp³-hybridized carbons (Fsp3) is 0.250. The molecule has 0 aliphatic carbocycles. The van der Waals surface area contributed by atoms with Gasteiger partial charge >= 0.3 is 0 Å². The minimum absolute atomic E-state index is 0.674. The van der Waals surface area contributed by atoms with Gasteiger partial charge in [-0.3, -0.25) is 0 Å². The van der Waals surface area contributed by atoms with E-state index < -0.39 is 0 Å². The molecule has 3 aromatic rings. The van der Waals surface area contributed by atoms with Crippen molar-refractivity contribution in [2.45, 2.75) is 13.5 Å². The van der Waals surface area contributed by atoms with Crippen molar-refractivity contribution in [3.05, 3.63) is 34.7 Å². The van der Waals surface area contributed by atoms with E-state index in [1.54, 1.807) is 23.9 Å². The molecule has 6 heteroatoms. The van der Waals surface area contributed by atoms with Gasteiger partial charge < -0.3 is 9.88 Å². The predicted molar refractivity (Wildman–Crippen MR) is 72.7 cm³/mol. The highest BCUT2D eigenvalue weighted by atomic mass is 32.1. The molecule has 0 bridgehead atoms. The van der Waals surface area contributed by atoms with E-state index in [2.05, 4.69) is 25.6 Å². The SMILES string of the molecule is Cc1nc(CNc2nccc3c2ncn3C)cs1. The molecule has 3 aromatic heterocycles. The first kappa shape index (κ1) is 11.2. The predicted octanol–water partition coefficient (Wildman–Crippen LogP) is 2.35. The van der Waals surface area contributed by atoms with Crippen LogP contribution in [-0.2, 0) is 13.6 Å². The summed E-state index contributed by atoms with van der Waals surface area (Å²) in [5, 5.41) is 6.42. The number of anilines is 1. The number of hydrogen-bond acceptors (Lipinski definition) is 5. The molecule has 0 amide bonds. The number of aryl methyl sites for hydroxylation is 2. The zero-order chi connectivity index (χ0) is 12.5. The number of thiazole rings is 1. The summed E-state index contributed by atoms with van der Waals surface area (Å²) in [6, 6.07) is 1.96. The van der Waals surface area contributed by atoms with Crippen LogP contribution >= 0.6 is 11.3 Å². The molecule has 92 valence electrons. The lowest BCUT2D eigenvalue weighted by atomic mass is 10.3. The second-order valence-corrected chi connectivity index (χ2v) is 5.16. The number of imidazole rings is 1. The van der Waals surface area contributed by atoms with Gasteiger partial charge in [-0.05, 0) is 13.0 Å². The molecule has 3 heterocycles. The normalized spacial score (nSPS) is 11.0. The van der Waals surface area contributed by atoms with Crippen molar-refractivity contribution in [3.63, 3.8) is 0 Å². The Bertz CT molecular complexity index is 685. The van der Waals surface area contributed by atoms with Crippen LogP contribution in [0, 0.1) is 6.92 Å². The molecule has 5 nitrogen and oxygen atoms in total. The van der Waals surface area contributed by atoms with Crippen molar-refractivity contribution >= 4 is 28.2 Å². The molecule has 0 unspecified atom stereocenters. The molecule has 0 aromatic carbocycles. The second kappa shape index (κ2) is 4.38. The summed E-state index contributed by atoms with van der Waals surface area (Å²) in [6.45, 7) is 2.68. The Balaban J connectivity index is 1.86. The zero-order valence-electron chi connectivity index (χ0n) is 10.2. The van der Waals surface area contributed by atoms with Crippen molar-refractivity contribution in [1.29, 1.82) is 0 Å². The molecule has 0 fully saturated rings. The zero-order valence-corrected chi connectivity index (χ0v) is 11.0. The molecule has 0 saturated carbocycles. The minimum Gasteiger partial charge on any atom is -0.363 e. The lowest BCUT2D eigenvalue weighted by Crippen LogP contribution is -2.02. The van der Waals surface area contributed by atoms with Crippen LogP contribution < -0.4 is 5.32 Å². The Hall–Kier alpha value is -1.95. The smallest absolute Gasteiger partial charge is 0.154 e. The van der Waals surface area contributed by atoms with Gasteiger partial charge in [0.25, 0.3) is 0 Å². The van der Waals surface area contributed by atoms with Crippen LogP contribution in [0.4, 0.5) is 5.82 Å². The molecule has 1 N–H and O–H groups in total. The molecule has 0 aliphatic rings. The van der Waals surface area contributed by atoms with Gasteiger partial charge in [0.2, 0.25) is 0 Å². The monoisotopic (exact) mass is 259 g/mol. The lowest BCUT2D eigenvalue weighted by Gasteiger charge is -2.04. The Morgan fingerprint density at radius 2 is 2.28 bits per heavy atom. The summed E-state index contributed by atoms with van der Waals surface area (Å²) in [7, 11) is 1.98.